The second-order valence-electron chi connectivity index (χ2n) is 6.33. The van der Waals surface area contributed by atoms with Crippen molar-refractivity contribution >= 4 is 23.7 Å². The molecular formula is C17H25N3O5. The second-order valence-corrected chi connectivity index (χ2v) is 6.33. The van der Waals surface area contributed by atoms with Gasteiger partial charge in [-0.1, -0.05) is 6.92 Å². The van der Waals surface area contributed by atoms with E-state index in [9.17, 15) is 14.4 Å². The Kier molecular flexibility index (Phi) is 6.19. The quantitative estimate of drug-likeness (QED) is 0.751. The fraction of sp³-hybridized carbons (Fsp3) is 0.588. The van der Waals surface area contributed by atoms with Gasteiger partial charge in [-0.15, -0.1) is 0 Å². The molecular weight excluding hydrogens is 326 g/mol. The minimum Gasteiger partial charge on any atom is -0.462 e. The standard InChI is InChI=1S/C17H25N3O5/c1-4-24-17(23)13-11(3)25-16(14(13)15(18)22)19-12(21)9-20-7-5-10(2)6-8-20/h10H,4-9H2,1-3H3,(H2,18,22)(H,19,21). The van der Waals surface area contributed by atoms with Crippen molar-refractivity contribution in [3.8, 4) is 0 Å². The van der Waals surface area contributed by atoms with Crippen LogP contribution in [0.15, 0.2) is 4.42 Å². The summed E-state index contributed by atoms with van der Waals surface area (Å²) in [5, 5.41) is 2.55. The summed E-state index contributed by atoms with van der Waals surface area (Å²) < 4.78 is 10.3. The van der Waals surface area contributed by atoms with Gasteiger partial charge >= 0.3 is 5.97 Å². The lowest BCUT2D eigenvalue weighted by Crippen LogP contribution is -2.38. The molecule has 8 heteroatoms. The molecule has 0 saturated carbocycles. The summed E-state index contributed by atoms with van der Waals surface area (Å²) in [6.45, 7) is 7.40. The number of nitrogens with one attached hydrogen (secondary N) is 1. The number of rotatable bonds is 6. The summed E-state index contributed by atoms with van der Waals surface area (Å²) in [4.78, 5) is 38.1. The zero-order chi connectivity index (χ0) is 18.6. The Morgan fingerprint density at radius 1 is 1.28 bits per heavy atom. The van der Waals surface area contributed by atoms with Gasteiger partial charge < -0.3 is 14.9 Å². The van der Waals surface area contributed by atoms with Gasteiger partial charge in [-0.3, -0.25) is 19.8 Å². The Balaban J connectivity index is 2.13. The van der Waals surface area contributed by atoms with Crippen LogP contribution in [0.3, 0.4) is 0 Å². The van der Waals surface area contributed by atoms with Crippen molar-refractivity contribution in [2.75, 3.05) is 31.6 Å². The van der Waals surface area contributed by atoms with E-state index in [0.29, 0.717) is 5.92 Å². The predicted molar refractivity (Wildman–Crippen MR) is 91.4 cm³/mol. The van der Waals surface area contributed by atoms with Crippen LogP contribution in [0, 0.1) is 12.8 Å². The first-order chi connectivity index (χ1) is 11.8. The van der Waals surface area contributed by atoms with Crippen molar-refractivity contribution in [2.45, 2.75) is 33.6 Å². The van der Waals surface area contributed by atoms with Crippen LogP contribution in [0.1, 0.15) is 53.2 Å². The van der Waals surface area contributed by atoms with Gasteiger partial charge in [-0.05, 0) is 45.7 Å². The van der Waals surface area contributed by atoms with E-state index in [1.807, 2.05) is 4.90 Å². The van der Waals surface area contributed by atoms with Gasteiger partial charge in [0.1, 0.15) is 16.9 Å². The monoisotopic (exact) mass is 351 g/mol. The minimum absolute atomic E-state index is 0.0450. The fourth-order valence-electron chi connectivity index (χ4n) is 2.91. The van der Waals surface area contributed by atoms with Crippen molar-refractivity contribution in [3.05, 3.63) is 16.9 Å². The van der Waals surface area contributed by atoms with E-state index in [2.05, 4.69) is 12.2 Å². The Hall–Kier alpha value is -2.35. The number of furan rings is 1. The van der Waals surface area contributed by atoms with E-state index in [-0.39, 0.29) is 41.8 Å². The van der Waals surface area contributed by atoms with E-state index in [0.717, 1.165) is 25.9 Å². The van der Waals surface area contributed by atoms with E-state index in [4.69, 9.17) is 14.9 Å². The number of ether oxygens (including phenoxy) is 1. The first-order valence-electron chi connectivity index (χ1n) is 8.46. The highest BCUT2D eigenvalue weighted by Crippen LogP contribution is 2.27. The highest BCUT2D eigenvalue weighted by molar-refractivity contribution is 6.10. The minimum atomic E-state index is -0.859. The van der Waals surface area contributed by atoms with Crippen LogP contribution in [-0.4, -0.2) is 48.9 Å². The largest absolute Gasteiger partial charge is 0.462 e. The van der Waals surface area contributed by atoms with Crippen molar-refractivity contribution < 1.29 is 23.5 Å². The predicted octanol–water partition coefficient (Wildman–Crippen LogP) is 1.53. The molecule has 1 fully saturated rings. The smallest absolute Gasteiger partial charge is 0.342 e. The van der Waals surface area contributed by atoms with Gasteiger partial charge in [-0.25, -0.2) is 4.79 Å². The average Bonchev–Trinajstić information content (AvgIpc) is 2.86. The molecule has 8 nitrogen and oxygen atoms in total. The number of likely N-dealkylation sites (tertiary alicyclic amines) is 1. The van der Waals surface area contributed by atoms with E-state index in [1.165, 1.54) is 6.92 Å². The molecule has 0 aliphatic carbocycles. The Bertz CT molecular complexity index is 659. The number of nitrogens with zero attached hydrogens (tertiary/aromatic N) is 1. The third kappa shape index (κ3) is 4.60. The number of primary amides is 1. The summed E-state index contributed by atoms with van der Waals surface area (Å²) in [7, 11) is 0. The molecule has 1 saturated heterocycles. The van der Waals surface area contributed by atoms with Crippen LogP contribution in [0.4, 0.5) is 5.88 Å². The lowest BCUT2D eigenvalue weighted by Gasteiger charge is -2.29. The van der Waals surface area contributed by atoms with Crippen LogP contribution in [0.5, 0.6) is 0 Å². The van der Waals surface area contributed by atoms with Gasteiger partial charge in [0.15, 0.2) is 0 Å². The molecule has 2 amide bonds. The lowest BCUT2D eigenvalue weighted by molar-refractivity contribution is -0.117. The SMILES string of the molecule is CCOC(=O)c1c(C)oc(NC(=O)CN2CCC(C)CC2)c1C(N)=O. The number of anilines is 1. The van der Waals surface area contributed by atoms with Crippen LogP contribution >= 0.6 is 0 Å². The molecule has 138 valence electrons. The molecule has 1 aliphatic heterocycles. The maximum absolute atomic E-state index is 12.3. The van der Waals surface area contributed by atoms with Gasteiger partial charge in [0.05, 0.1) is 13.2 Å². The second kappa shape index (κ2) is 8.15. The molecule has 1 aromatic heterocycles. The number of nitrogens with two attached hydrogens (primary N) is 1. The number of hydrogen-bond donors (Lipinski definition) is 2. The van der Waals surface area contributed by atoms with Crippen molar-refractivity contribution in [1.29, 1.82) is 0 Å². The molecule has 2 rings (SSSR count). The molecule has 0 spiro atoms. The van der Waals surface area contributed by atoms with Gasteiger partial charge in [0, 0.05) is 0 Å². The Labute approximate surface area is 146 Å². The van der Waals surface area contributed by atoms with Crippen LogP contribution in [-0.2, 0) is 9.53 Å². The third-order valence-electron chi connectivity index (χ3n) is 4.31. The van der Waals surface area contributed by atoms with Crippen LogP contribution in [0.2, 0.25) is 0 Å². The zero-order valence-electron chi connectivity index (χ0n) is 14.9. The number of hydrogen-bond acceptors (Lipinski definition) is 6. The summed E-state index contributed by atoms with van der Waals surface area (Å²) in [5.74, 6) is -1.15. The average molecular weight is 351 g/mol. The summed E-state index contributed by atoms with van der Waals surface area (Å²) in [6, 6.07) is 0. The summed E-state index contributed by atoms with van der Waals surface area (Å²) >= 11 is 0. The topological polar surface area (TPSA) is 115 Å². The maximum atomic E-state index is 12.3. The molecule has 0 radical (unpaired) electrons. The molecule has 1 aromatic rings. The molecule has 2 heterocycles. The molecule has 1 aliphatic rings. The van der Waals surface area contributed by atoms with E-state index < -0.39 is 11.9 Å². The molecule has 0 unspecified atom stereocenters. The first-order valence-corrected chi connectivity index (χ1v) is 8.46. The zero-order valence-corrected chi connectivity index (χ0v) is 14.9. The number of carbonyl (C=O) groups is 3. The fourth-order valence-corrected chi connectivity index (χ4v) is 2.91. The highest BCUT2D eigenvalue weighted by Gasteiger charge is 2.29. The number of esters is 1. The van der Waals surface area contributed by atoms with Crippen LogP contribution in [0.25, 0.3) is 0 Å². The number of carbonyl (C=O) groups excluding carboxylic acids is 3. The van der Waals surface area contributed by atoms with Crippen molar-refractivity contribution in [3.63, 3.8) is 0 Å². The van der Waals surface area contributed by atoms with Gasteiger partial charge in [-0.2, -0.15) is 0 Å². The van der Waals surface area contributed by atoms with E-state index >= 15 is 0 Å². The Morgan fingerprint density at radius 3 is 2.48 bits per heavy atom. The molecule has 25 heavy (non-hydrogen) atoms. The maximum Gasteiger partial charge on any atom is 0.342 e. The Morgan fingerprint density at radius 2 is 1.92 bits per heavy atom. The number of amides is 2. The van der Waals surface area contributed by atoms with Crippen molar-refractivity contribution in [2.24, 2.45) is 11.7 Å². The van der Waals surface area contributed by atoms with Crippen LogP contribution < -0.4 is 11.1 Å². The van der Waals surface area contributed by atoms with E-state index in [1.54, 1.807) is 6.92 Å². The summed E-state index contributed by atoms with van der Waals surface area (Å²) in [5.41, 5.74) is 5.17. The van der Waals surface area contributed by atoms with Crippen molar-refractivity contribution in [1.82, 2.24) is 4.90 Å². The molecule has 0 aromatic carbocycles. The number of piperidine rings is 1. The molecule has 0 atom stereocenters. The normalized spacial score (nSPS) is 15.8. The lowest BCUT2D eigenvalue weighted by atomic mass is 9.99. The van der Waals surface area contributed by atoms with Gasteiger partial charge in [0.25, 0.3) is 5.91 Å². The highest BCUT2D eigenvalue weighted by atomic mass is 16.5. The first kappa shape index (κ1) is 19.0. The van der Waals surface area contributed by atoms with Gasteiger partial charge in [0.2, 0.25) is 11.8 Å². The molecule has 0 bridgehead atoms. The number of aryl methyl sites for hydroxylation is 1. The third-order valence-corrected chi connectivity index (χ3v) is 4.31. The summed E-state index contributed by atoms with van der Waals surface area (Å²) in [6.07, 6.45) is 2.10. The molecule has 3 N–H and O–H groups in total.